The van der Waals surface area contributed by atoms with E-state index in [0.29, 0.717) is 0 Å². The molecule has 2 aromatic carbocycles. The SMILES string of the molecule is COC(=O)C=Cc1ccc2c(c1)CC[C@@H]2N[C@H](CO)Cc1c[nH]c2ccccc12. The van der Waals surface area contributed by atoms with Crippen LogP contribution in [0.15, 0.2) is 54.7 Å². The van der Waals surface area contributed by atoms with Gasteiger partial charge in [0.2, 0.25) is 0 Å². The highest BCUT2D eigenvalue weighted by atomic mass is 16.5. The molecule has 0 aliphatic heterocycles. The molecule has 0 unspecified atom stereocenters. The van der Waals surface area contributed by atoms with Gasteiger partial charge < -0.3 is 20.1 Å². The average molecular weight is 390 g/mol. The Morgan fingerprint density at radius 1 is 1.34 bits per heavy atom. The van der Waals surface area contributed by atoms with Crippen molar-refractivity contribution in [1.82, 2.24) is 10.3 Å². The molecule has 1 aliphatic rings. The summed E-state index contributed by atoms with van der Waals surface area (Å²) in [4.78, 5) is 14.6. The van der Waals surface area contributed by atoms with Crippen LogP contribution in [-0.2, 0) is 22.4 Å². The van der Waals surface area contributed by atoms with Gasteiger partial charge in [-0.25, -0.2) is 4.79 Å². The lowest BCUT2D eigenvalue weighted by atomic mass is 10.0. The number of carbonyl (C=O) groups excluding carboxylic acids is 1. The first-order valence-corrected chi connectivity index (χ1v) is 9.98. The van der Waals surface area contributed by atoms with Gasteiger partial charge in [-0.1, -0.05) is 36.4 Å². The predicted molar refractivity (Wildman–Crippen MR) is 115 cm³/mol. The molecule has 2 atom stereocenters. The number of carbonyl (C=O) groups is 1. The summed E-state index contributed by atoms with van der Waals surface area (Å²) in [5.41, 5.74) is 5.90. The monoisotopic (exact) mass is 390 g/mol. The van der Waals surface area contributed by atoms with Crippen molar-refractivity contribution < 1.29 is 14.6 Å². The molecule has 1 aromatic heterocycles. The van der Waals surface area contributed by atoms with Crippen LogP contribution >= 0.6 is 0 Å². The second-order valence-corrected chi connectivity index (χ2v) is 7.52. The number of aromatic nitrogens is 1. The van der Waals surface area contributed by atoms with Crippen molar-refractivity contribution in [1.29, 1.82) is 0 Å². The number of esters is 1. The van der Waals surface area contributed by atoms with Gasteiger partial charge in [0, 0.05) is 35.3 Å². The van der Waals surface area contributed by atoms with Crippen molar-refractivity contribution in [2.45, 2.75) is 31.3 Å². The molecule has 4 rings (SSSR count). The molecule has 3 N–H and O–H groups in total. The van der Waals surface area contributed by atoms with Gasteiger partial charge in [-0.2, -0.15) is 0 Å². The molecule has 5 nitrogen and oxygen atoms in total. The van der Waals surface area contributed by atoms with Crippen molar-refractivity contribution >= 4 is 22.9 Å². The van der Waals surface area contributed by atoms with E-state index in [4.69, 9.17) is 0 Å². The van der Waals surface area contributed by atoms with Gasteiger partial charge in [-0.15, -0.1) is 0 Å². The summed E-state index contributed by atoms with van der Waals surface area (Å²) < 4.78 is 4.65. The number of rotatable bonds is 7. The maximum absolute atomic E-state index is 11.3. The molecule has 1 heterocycles. The fraction of sp³-hybridized carbons (Fsp3) is 0.292. The zero-order valence-electron chi connectivity index (χ0n) is 16.5. The number of nitrogens with one attached hydrogen (secondary N) is 2. The van der Waals surface area contributed by atoms with Gasteiger partial charge >= 0.3 is 5.97 Å². The average Bonchev–Trinajstić information content (AvgIpc) is 3.35. The van der Waals surface area contributed by atoms with Crippen LogP contribution in [0.4, 0.5) is 0 Å². The van der Waals surface area contributed by atoms with Crippen LogP contribution in [0.2, 0.25) is 0 Å². The summed E-state index contributed by atoms with van der Waals surface area (Å²) >= 11 is 0. The molecule has 3 aromatic rings. The first kappa shape index (κ1) is 19.4. The Morgan fingerprint density at radius 2 is 2.21 bits per heavy atom. The van der Waals surface area contributed by atoms with E-state index in [1.54, 1.807) is 6.08 Å². The quantitative estimate of drug-likeness (QED) is 0.426. The zero-order valence-corrected chi connectivity index (χ0v) is 16.5. The van der Waals surface area contributed by atoms with Crippen molar-refractivity contribution in [2.24, 2.45) is 0 Å². The van der Waals surface area contributed by atoms with Gasteiger partial charge in [0.25, 0.3) is 0 Å². The van der Waals surface area contributed by atoms with Crippen LogP contribution in [0, 0.1) is 0 Å². The Balaban J connectivity index is 1.46. The maximum Gasteiger partial charge on any atom is 0.330 e. The predicted octanol–water partition coefficient (Wildman–Crippen LogP) is 3.53. The van der Waals surface area contributed by atoms with E-state index in [0.717, 1.165) is 30.3 Å². The van der Waals surface area contributed by atoms with Crippen molar-refractivity contribution in [3.8, 4) is 0 Å². The number of hydrogen-bond donors (Lipinski definition) is 3. The third-order valence-corrected chi connectivity index (χ3v) is 5.66. The standard InChI is InChI=1S/C24H26N2O3/c1-29-24(28)11-7-16-6-9-21-17(12-16)8-10-23(21)26-19(15-27)13-18-14-25-22-5-3-2-4-20(18)22/h2-7,9,11-12,14,19,23,25-27H,8,10,13,15H2,1H3/t19-,23-/m0/s1. The summed E-state index contributed by atoms with van der Waals surface area (Å²) in [6, 6.07) is 14.7. The lowest BCUT2D eigenvalue weighted by Crippen LogP contribution is -2.36. The Hall–Kier alpha value is -2.89. The number of fused-ring (bicyclic) bond motifs is 2. The number of para-hydroxylation sites is 1. The Kier molecular flexibility index (Phi) is 5.79. The normalized spacial score (nSPS) is 17.0. The molecule has 1 aliphatic carbocycles. The summed E-state index contributed by atoms with van der Waals surface area (Å²) in [5, 5.41) is 14.8. The van der Waals surface area contributed by atoms with Gasteiger partial charge in [-0.05, 0) is 53.7 Å². The number of methoxy groups -OCH3 is 1. The first-order valence-electron chi connectivity index (χ1n) is 9.98. The Morgan fingerprint density at radius 3 is 3.03 bits per heavy atom. The van der Waals surface area contributed by atoms with E-state index in [2.05, 4.69) is 39.3 Å². The van der Waals surface area contributed by atoms with Gasteiger partial charge in [0.1, 0.15) is 0 Å². The molecular weight excluding hydrogens is 364 g/mol. The van der Waals surface area contributed by atoms with Gasteiger partial charge in [0.05, 0.1) is 13.7 Å². The largest absolute Gasteiger partial charge is 0.466 e. The van der Waals surface area contributed by atoms with Crippen LogP contribution in [0.3, 0.4) is 0 Å². The topological polar surface area (TPSA) is 74.3 Å². The third kappa shape index (κ3) is 4.26. The summed E-state index contributed by atoms with van der Waals surface area (Å²) in [7, 11) is 1.37. The van der Waals surface area contributed by atoms with E-state index in [-0.39, 0.29) is 24.7 Å². The van der Waals surface area contributed by atoms with Crippen LogP contribution in [0.5, 0.6) is 0 Å². The minimum Gasteiger partial charge on any atom is -0.466 e. The summed E-state index contributed by atoms with van der Waals surface area (Å²) in [5.74, 6) is -0.354. The van der Waals surface area contributed by atoms with Crippen molar-refractivity contribution in [3.63, 3.8) is 0 Å². The number of hydrogen-bond acceptors (Lipinski definition) is 4. The van der Waals surface area contributed by atoms with Crippen molar-refractivity contribution in [2.75, 3.05) is 13.7 Å². The van der Waals surface area contributed by atoms with Crippen LogP contribution in [0.1, 0.15) is 34.7 Å². The van der Waals surface area contributed by atoms with Gasteiger partial charge in [-0.3, -0.25) is 0 Å². The van der Waals surface area contributed by atoms with Crippen LogP contribution in [0.25, 0.3) is 17.0 Å². The molecule has 29 heavy (non-hydrogen) atoms. The molecule has 0 spiro atoms. The zero-order chi connectivity index (χ0) is 20.2. The van der Waals surface area contributed by atoms with E-state index in [9.17, 15) is 9.90 Å². The molecule has 0 radical (unpaired) electrons. The number of aliphatic hydroxyl groups is 1. The molecule has 0 fully saturated rings. The van der Waals surface area contributed by atoms with Gasteiger partial charge in [0.15, 0.2) is 0 Å². The highest BCUT2D eigenvalue weighted by Gasteiger charge is 2.25. The van der Waals surface area contributed by atoms with E-state index >= 15 is 0 Å². The number of ether oxygens (including phenoxy) is 1. The smallest absolute Gasteiger partial charge is 0.330 e. The summed E-state index contributed by atoms with van der Waals surface area (Å²) in [6.07, 6.45) is 8.02. The lowest BCUT2D eigenvalue weighted by Gasteiger charge is -2.22. The Bertz CT molecular complexity index is 1040. The third-order valence-electron chi connectivity index (χ3n) is 5.66. The highest BCUT2D eigenvalue weighted by Crippen LogP contribution is 2.33. The second kappa shape index (κ2) is 8.64. The lowest BCUT2D eigenvalue weighted by molar-refractivity contribution is -0.134. The van der Waals surface area contributed by atoms with Crippen molar-refractivity contribution in [3.05, 3.63) is 77.0 Å². The number of benzene rings is 2. The number of aliphatic hydroxyl groups excluding tert-OH is 1. The van der Waals surface area contributed by atoms with E-state index < -0.39 is 0 Å². The number of H-pyrrole nitrogens is 1. The minimum absolute atomic E-state index is 0.0101. The Labute approximate surface area is 170 Å². The highest BCUT2D eigenvalue weighted by molar-refractivity contribution is 5.87. The molecule has 150 valence electrons. The minimum atomic E-state index is -0.354. The fourth-order valence-corrected chi connectivity index (χ4v) is 4.17. The van der Waals surface area contributed by atoms with Crippen LogP contribution < -0.4 is 5.32 Å². The number of aromatic amines is 1. The van der Waals surface area contributed by atoms with Crippen LogP contribution in [-0.4, -0.2) is 35.8 Å². The van der Waals surface area contributed by atoms with E-state index in [1.807, 2.05) is 24.4 Å². The summed E-state index contributed by atoms with van der Waals surface area (Å²) in [6.45, 7) is 0.0886. The molecular formula is C24H26N2O3. The molecule has 0 amide bonds. The molecule has 0 bridgehead atoms. The number of aryl methyl sites for hydroxylation is 1. The molecule has 0 saturated carbocycles. The fourth-order valence-electron chi connectivity index (χ4n) is 4.17. The molecule has 5 heteroatoms. The van der Waals surface area contributed by atoms with E-state index in [1.165, 1.54) is 35.3 Å². The molecule has 0 saturated heterocycles. The first-order chi connectivity index (χ1) is 14.2. The maximum atomic E-state index is 11.3. The second-order valence-electron chi connectivity index (χ2n) is 7.52.